The van der Waals surface area contributed by atoms with Gasteiger partial charge in [0.2, 0.25) is 0 Å². The number of carbonyl (C=O) groups is 2. The third kappa shape index (κ3) is 2.62. The van der Waals surface area contributed by atoms with E-state index in [1.807, 2.05) is 0 Å². The molecule has 1 saturated carbocycles. The van der Waals surface area contributed by atoms with Crippen molar-refractivity contribution in [2.75, 3.05) is 30.1 Å². The summed E-state index contributed by atoms with van der Waals surface area (Å²) in [6.45, 7) is 0.477. The van der Waals surface area contributed by atoms with E-state index in [2.05, 4.69) is 0 Å². The summed E-state index contributed by atoms with van der Waals surface area (Å²) in [7, 11) is 1.50. The average Bonchev–Trinajstić information content (AvgIpc) is 3.45. The number of aliphatic hydroxyl groups is 1. The van der Waals surface area contributed by atoms with Gasteiger partial charge in [-0.3, -0.25) is 14.5 Å². The number of fused-ring (bicyclic) bond motifs is 2. The fraction of sp³-hybridized carbons (Fsp3) is 0.333. The summed E-state index contributed by atoms with van der Waals surface area (Å²) in [5.74, 6) is -2.23. The molecule has 1 spiro atoms. The molecule has 2 amide bonds. The third-order valence-corrected chi connectivity index (χ3v) is 5.73. The Hall–Kier alpha value is -3.04. The van der Waals surface area contributed by atoms with Crippen molar-refractivity contribution in [1.82, 2.24) is 0 Å². The molecule has 1 fully saturated rings. The summed E-state index contributed by atoms with van der Waals surface area (Å²) in [4.78, 5) is 28.0. The minimum absolute atomic E-state index is 0.0416. The highest BCUT2D eigenvalue weighted by Crippen LogP contribution is 2.51. The van der Waals surface area contributed by atoms with E-state index in [4.69, 9.17) is 9.47 Å². The number of halogens is 2. The van der Waals surface area contributed by atoms with Gasteiger partial charge in [0.15, 0.2) is 17.6 Å². The summed E-state index contributed by atoms with van der Waals surface area (Å²) >= 11 is 0. The van der Waals surface area contributed by atoms with Crippen LogP contribution in [0.5, 0.6) is 5.75 Å². The van der Waals surface area contributed by atoms with Gasteiger partial charge in [-0.05, 0) is 18.2 Å². The first kappa shape index (κ1) is 19.0. The molecular weight excluding hydrogens is 398 g/mol. The summed E-state index contributed by atoms with van der Waals surface area (Å²) in [6.07, 6.45) is -0.395. The Kier molecular flexibility index (Phi) is 4.09. The van der Waals surface area contributed by atoms with Crippen LogP contribution in [0.1, 0.15) is 35.0 Å². The zero-order valence-electron chi connectivity index (χ0n) is 16.0. The maximum Gasteiger partial charge on any atom is 0.271 e. The summed E-state index contributed by atoms with van der Waals surface area (Å²) in [5, 5.41) is 10.6. The molecule has 5 rings (SSSR count). The van der Waals surface area contributed by atoms with Crippen molar-refractivity contribution in [2.24, 2.45) is 0 Å². The molecule has 3 aliphatic rings. The van der Waals surface area contributed by atoms with Crippen molar-refractivity contribution in [2.45, 2.75) is 24.7 Å². The number of carbonyl (C=O) groups excluding carboxylic acids is 2. The highest BCUT2D eigenvalue weighted by Gasteiger charge is 2.58. The van der Waals surface area contributed by atoms with E-state index in [0.717, 1.165) is 23.1 Å². The molecule has 0 radical (unpaired) electrons. The zero-order chi connectivity index (χ0) is 21.2. The smallest absolute Gasteiger partial charge is 0.271 e. The van der Waals surface area contributed by atoms with E-state index >= 15 is 4.39 Å². The molecule has 2 heterocycles. The number of nitrogens with zero attached hydrogens (tertiary/aromatic N) is 2. The second-order valence-electron chi connectivity index (χ2n) is 7.60. The third-order valence-electron chi connectivity index (χ3n) is 5.73. The number of hydrogen-bond donors (Lipinski definition) is 1. The first-order valence-corrected chi connectivity index (χ1v) is 9.51. The van der Waals surface area contributed by atoms with Crippen LogP contribution in [-0.4, -0.2) is 42.8 Å². The summed E-state index contributed by atoms with van der Waals surface area (Å²) in [5.41, 5.74) is -0.772. The topological polar surface area (TPSA) is 79.3 Å². The van der Waals surface area contributed by atoms with Gasteiger partial charge in [0, 0.05) is 38.1 Å². The SMILES string of the molecule is COCCN1C(=O)C2(CC2)Oc2cc(F)c(N3C(=O)c4cc(F)ccc4C3O)cc21. The Morgan fingerprint density at radius 3 is 2.67 bits per heavy atom. The number of aliphatic hydroxyl groups excluding tert-OH is 1. The molecule has 2 aromatic carbocycles. The molecular formula is C21H18F2N2O5. The largest absolute Gasteiger partial charge is 0.475 e. The Labute approximate surface area is 170 Å². The summed E-state index contributed by atoms with van der Waals surface area (Å²) < 4.78 is 39.5. The highest BCUT2D eigenvalue weighted by atomic mass is 19.1. The molecule has 9 heteroatoms. The van der Waals surface area contributed by atoms with Gasteiger partial charge in [-0.15, -0.1) is 0 Å². The van der Waals surface area contributed by atoms with Gasteiger partial charge >= 0.3 is 0 Å². The Morgan fingerprint density at radius 2 is 1.97 bits per heavy atom. The van der Waals surface area contributed by atoms with Crippen LogP contribution in [0.3, 0.4) is 0 Å². The second-order valence-corrected chi connectivity index (χ2v) is 7.60. The van der Waals surface area contributed by atoms with Gasteiger partial charge in [0.05, 0.1) is 23.5 Å². The minimum atomic E-state index is -1.48. The molecule has 1 aliphatic carbocycles. The van der Waals surface area contributed by atoms with E-state index in [0.29, 0.717) is 12.8 Å². The molecule has 0 saturated heterocycles. The van der Waals surface area contributed by atoms with Gasteiger partial charge in [0.25, 0.3) is 11.8 Å². The number of benzene rings is 2. The molecule has 0 aromatic heterocycles. The van der Waals surface area contributed by atoms with Crippen LogP contribution >= 0.6 is 0 Å². The van der Waals surface area contributed by atoms with Crippen LogP contribution in [0, 0.1) is 11.6 Å². The van der Waals surface area contributed by atoms with Crippen molar-refractivity contribution in [1.29, 1.82) is 0 Å². The molecule has 1 atom stereocenters. The van der Waals surface area contributed by atoms with Crippen molar-refractivity contribution in [3.8, 4) is 5.75 Å². The zero-order valence-corrected chi connectivity index (χ0v) is 16.0. The van der Waals surface area contributed by atoms with E-state index in [-0.39, 0.29) is 47.3 Å². The van der Waals surface area contributed by atoms with Crippen LogP contribution in [0.15, 0.2) is 30.3 Å². The lowest BCUT2D eigenvalue weighted by Crippen LogP contribution is -2.49. The fourth-order valence-electron chi connectivity index (χ4n) is 4.01. The minimum Gasteiger partial charge on any atom is -0.475 e. The quantitative estimate of drug-likeness (QED) is 0.829. The maximum atomic E-state index is 15.0. The first-order valence-electron chi connectivity index (χ1n) is 9.51. The number of rotatable bonds is 4. The predicted octanol–water partition coefficient (Wildman–Crippen LogP) is 2.52. The van der Waals surface area contributed by atoms with Gasteiger partial charge in [-0.2, -0.15) is 0 Å². The highest BCUT2D eigenvalue weighted by molar-refractivity contribution is 6.12. The fourth-order valence-corrected chi connectivity index (χ4v) is 4.01. The molecule has 7 nitrogen and oxygen atoms in total. The van der Waals surface area contributed by atoms with Gasteiger partial charge < -0.3 is 19.5 Å². The van der Waals surface area contributed by atoms with Gasteiger partial charge in [0.1, 0.15) is 11.6 Å². The van der Waals surface area contributed by atoms with Crippen molar-refractivity contribution in [3.63, 3.8) is 0 Å². The standard InChI is InChI=1S/C21H18F2N2O5/c1-29-7-6-24-16-10-15(14(23)9-17(16)30-21(4-5-21)20(24)28)25-18(26)12-3-2-11(22)8-13(12)19(25)27/h2-3,8-10,18,26H,4-7H2,1H3. The normalized spacial score (nSPS) is 21.0. The number of hydrogen-bond acceptors (Lipinski definition) is 5. The van der Waals surface area contributed by atoms with Crippen molar-refractivity contribution in [3.05, 3.63) is 53.1 Å². The van der Waals surface area contributed by atoms with Gasteiger partial charge in [-0.25, -0.2) is 8.78 Å². The number of ether oxygens (including phenoxy) is 2. The summed E-state index contributed by atoms with van der Waals surface area (Å²) in [6, 6.07) is 5.83. The average molecular weight is 416 g/mol. The van der Waals surface area contributed by atoms with Gasteiger partial charge in [-0.1, -0.05) is 6.07 Å². The molecule has 30 heavy (non-hydrogen) atoms. The molecule has 1 unspecified atom stereocenters. The lowest BCUT2D eigenvalue weighted by atomic mass is 10.1. The van der Waals surface area contributed by atoms with Crippen molar-refractivity contribution >= 4 is 23.2 Å². The predicted molar refractivity (Wildman–Crippen MR) is 101 cm³/mol. The number of methoxy groups -OCH3 is 1. The lowest BCUT2D eigenvalue weighted by molar-refractivity contribution is -0.128. The second kappa shape index (κ2) is 6.48. The van der Waals surface area contributed by atoms with E-state index < -0.39 is 29.4 Å². The monoisotopic (exact) mass is 416 g/mol. The van der Waals surface area contributed by atoms with Crippen LogP contribution < -0.4 is 14.5 Å². The first-order chi connectivity index (χ1) is 14.4. The molecule has 1 N–H and O–H groups in total. The van der Waals surface area contributed by atoms with Crippen LogP contribution in [0.4, 0.5) is 20.2 Å². The van der Waals surface area contributed by atoms with E-state index in [1.165, 1.54) is 24.1 Å². The molecule has 2 aliphatic heterocycles. The van der Waals surface area contributed by atoms with E-state index in [9.17, 15) is 19.1 Å². The Morgan fingerprint density at radius 1 is 1.20 bits per heavy atom. The molecule has 2 aromatic rings. The molecule has 0 bridgehead atoms. The van der Waals surface area contributed by atoms with Crippen LogP contribution in [-0.2, 0) is 9.53 Å². The van der Waals surface area contributed by atoms with Crippen LogP contribution in [0.2, 0.25) is 0 Å². The lowest BCUT2D eigenvalue weighted by Gasteiger charge is -2.35. The van der Waals surface area contributed by atoms with Crippen molar-refractivity contribution < 1.29 is 33.0 Å². The van der Waals surface area contributed by atoms with E-state index in [1.54, 1.807) is 0 Å². The van der Waals surface area contributed by atoms with Crippen LogP contribution in [0.25, 0.3) is 0 Å². The Bertz CT molecular complexity index is 1090. The maximum absolute atomic E-state index is 15.0. The number of amides is 2. The Balaban J connectivity index is 1.59. The molecule has 156 valence electrons. The number of anilines is 2.